The monoisotopic (exact) mass is 294 g/mol. The fourth-order valence-corrected chi connectivity index (χ4v) is 1.42. The number of carbonyl (C=O) groups excluding carboxylic acids is 1. The van der Waals surface area contributed by atoms with E-state index in [1.54, 1.807) is 6.92 Å². The summed E-state index contributed by atoms with van der Waals surface area (Å²) in [4.78, 5) is 10.9. The number of ether oxygens (including phenoxy) is 2. The molecule has 0 aliphatic heterocycles. The number of hydrogen-bond donors (Lipinski definition) is 0. The molecule has 3 nitrogen and oxygen atoms in total. The second-order valence-corrected chi connectivity index (χ2v) is 3.71. The van der Waals surface area contributed by atoms with Crippen LogP contribution in [0.2, 0.25) is 0 Å². The van der Waals surface area contributed by atoms with Gasteiger partial charge in [-0.05, 0) is 19.1 Å². The van der Waals surface area contributed by atoms with E-state index in [-0.39, 0.29) is 12.4 Å². The first-order valence-electron chi connectivity index (χ1n) is 4.46. The highest BCUT2D eigenvalue weighted by molar-refractivity contribution is 9.10. The number of benzene rings is 1. The zero-order valence-electron chi connectivity index (χ0n) is 8.38. The van der Waals surface area contributed by atoms with Gasteiger partial charge in [-0.2, -0.15) is 4.39 Å². The van der Waals surface area contributed by atoms with Crippen LogP contribution in [0.15, 0.2) is 22.7 Å². The second kappa shape index (κ2) is 5.79. The molecule has 0 spiro atoms. The molecule has 0 radical (unpaired) electrons. The Morgan fingerprint density at radius 1 is 1.50 bits per heavy atom. The Morgan fingerprint density at radius 3 is 2.75 bits per heavy atom. The Labute approximate surface area is 99.5 Å². The van der Waals surface area contributed by atoms with Crippen LogP contribution in [-0.4, -0.2) is 18.9 Å². The van der Waals surface area contributed by atoms with Gasteiger partial charge in [-0.25, -0.2) is 9.18 Å². The fourth-order valence-electron chi connectivity index (χ4n) is 0.972. The standard InChI is InChI=1S/C10H9BrF2O3/c1-2-15-10(14)9(13)16-8-4-6(11)3-7(12)5-8/h3-5,9H,2H2,1H3. The molecule has 0 aromatic heterocycles. The smallest absolute Gasteiger partial charge is 0.381 e. The van der Waals surface area contributed by atoms with Crippen molar-refractivity contribution in [1.82, 2.24) is 0 Å². The number of alkyl halides is 1. The molecule has 0 fully saturated rings. The van der Waals surface area contributed by atoms with Gasteiger partial charge in [-0.1, -0.05) is 15.9 Å². The highest BCUT2D eigenvalue weighted by atomic mass is 79.9. The predicted molar refractivity (Wildman–Crippen MR) is 56.3 cm³/mol. The molecule has 0 heterocycles. The van der Waals surface area contributed by atoms with Crippen molar-refractivity contribution in [2.75, 3.05) is 6.61 Å². The maximum atomic E-state index is 13.1. The summed E-state index contributed by atoms with van der Waals surface area (Å²) in [6.45, 7) is 1.60. The molecule has 1 aromatic carbocycles. The number of esters is 1. The first-order chi connectivity index (χ1) is 7.52. The van der Waals surface area contributed by atoms with E-state index in [1.165, 1.54) is 12.1 Å². The lowest BCUT2D eigenvalue weighted by Gasteiger charge is -2.10. The molecule has 1 rings (SSSR count). The van der Waals surface area contributed by atoms with Crippen LogP contribution in [0.5, 0.6) is 5.75 Å². The summed E-state index contributed by atoms with van der Waals surface area (Å²) in [5.41, 5.74) is 0. The molecule has 1 unspecified atom stereocenters. The second-order valence-electron chi connectivity index (χ2n) is 2.79. The van der Waals surface area contributed by atoms with Crippen LogP contribution < -0.4 is 4.74 Å². The van der Waals surface area contributed by atoms with Gasteiger partial charge in [0.15, 0.2) is 0 Å². The van der Waals surface area contributed by atoms with Gasteiger partial charge < -0.3 is 9.47 Å². The average molecular weight is 295 g/mol. The fraction of sp³-hybridized carbons (Fsp3) is 0.300. The molecule has 0 saturated carbocycles. The van der Waals surface area contributed by atoms with Crippen molar-refractivity contribution in [2.45, 2.75) is 13.3 Å². The Balaban J connectivity index is 2.69. The van der Waals surface area contributed by atoms with Crippen LogP contribution in [-0.2, 0) is 9.53 Å². The first kappa shape index (κ1) is 12.9. The lowest BCUT2D eigenvalue weighted by molar-refractivity contribution is -0.159. The number of carbonyl (C=O) groups is 1. The van der Waals surface area contributed by atoms with Crippen molar-refractivity contribution in [2.24, 2.45) is 0 Å². The zero-order valence-corrected chi connectivity index (χ0v) is 9.96. The van der Waals surface area contributed by atoms with Gasteiger partial charge in [0.2, 0.25) is 0 Å². The summed E-state index contributed by atoms with van der Waals surface area (Å²) in [6, 6.07) is 3.50. The summed E-state index contributed by atoms with van der Waals surface area (Å²) < 4.78 is 35.3. The summed E-state index contributed by atoms with van der Waals surface area (Å²) in [7, 11) is 0. The van der Waals surface area contributed by atoms with Crippen LogP contribution in [0.4, 0.5) is 8.78 Å². The van der Waals surface area contributed by atoms with Crippen molar-refractivity contribution in [3.05, 3.63) is 28.5 Å². The molecule has 0 bridgehead atoms. The lowest BCUT2D eigenvalue weighted by Crippen LogP contribution is -2.24. The Kier molecular flexibility index (Phi) is 4.67. The predicted octanol–water partition coefficient (Wildman–Crippen LogP) is 2.83. The van der Waals surface area contributed by atoms with E-state index in [2.05, 4.69) is 25.4 Å². The number of rotatable bonds is 4. The minimum atomic E-state index is -2.26. The third-order valence-electron chi connectivity index (χ3n) is 1.55. The molecular weight excluding hydrogens is 286 g/mol. The summed E-state index contributed by atoms with van der Waals surface area (Å²) in [6.07, 6.45) is -2.26. The quantitative estimate of drug-likeness (QED) is 0.801. The van der Waals surface area contributed by atoms with E-state index in [4.69, 9.17) is 0 Å². The molecule has 0 aliphatic rings. The minimum Gasteiger partial charge on any atom is -0.461 e. The van der Waals surface area contributed by atoms with Crippen LogP contribution in [0.1, 0.15) is 6.92 Å². The minimum absolute atomic E-state index is 0.0511. The van der Waals surface area contributed by atoms with Crippen molar-refractivity contribution in [1.29, 1.82) is 0 Å². The van der Waals surface area contributed by atoms with E-state index >= 15 is 0 Å². The lowest BCUT2D eigenvalue weighted by atomic mass is 10.3. The highest BCUT2D eigenvalue weighted by Crippen LogP contribution is 2.21. The van der Waals surface area contributed by atoms with Gasteiger partial charge in [0, 0.05) is 10.5 Å². The molecule has 1 atom stereocenters. The molecule has 6 heteroatoms. The normalized spacial score (nSPS) is 12.0. The molecule has 88 valence electrons. The van der Waals surface area contributed by atoms with Gasteiger partial charge in [0.1, 0.15) is 11.6 Å². The van der Waals surface area contributed by atoms with Crippen LogP contribution in [0.3, 0.4) is 0 Å². The first-order valence-corrected chi connectivity index (χ1v) is 5.25. The molecular formula is C10H9BrF2O3. The van der Waals surface area contributed by atoms with Gasteiger partial charge in [-0.15, -0.1) is 0 Å². The molecule has 16 heavy (non-hydrogen) atoms. The maximum Gasteiger partial charge on any atom is 0.381 e. The van der Waals surface area contributed by atoms with E-state index in [1.807, 2.05) is 0 Å². The molecule has 0 aliphatic carbocycles. The van der Waals surface area contributed by atoms with E-state index in [0.717, 1.165) is 6.07 Å². The third-order valence-corrected chi connectivity index (χ3v) is 2.01. The molecule has 0 N–H and O–H groups in total. The van der Waals surface area contributed by atoms with Gasteiger partial charge in [0.05, 0.1) is 6.61 Å². The van der Waals surface area contributed by atoms with Gasteiger partial charge >= 0.3 is 12.3 Å². The van der Waals surface area contributed by atoms with E-state index in [9.17, 15) is 13.6 Å². The van der Waals surface area contributed by atoms with Crippen molar-refractivity contribution in [3.63, 3.8) is 0 Å². The zero-order chi connectivity index (χ0) is 12.1. The Hall–Kier alpha value is -1.17. The summed E-state index contributed by atoms with van der Waals surface area (Å²) >= 11 is 3.01. The highest BCUT2D eigenvalue weighted by Gasteiger charge is 2.20. The van der Waals surface area contributed by atoms with Crippen molar-refractivity contribution in [3.8, 4) is 5.75 Å². The van der Waals surface area contributed by atoms with E-state index < -0.39 is 18.1 Å². The maximum absolute atomic E-state index is 13.1. The van der Waals surface area contributed by atoms with Crippen LogP contribution in [0.25, 0.3) is 0 Å². The molecule has 0 amide bonds. The largest absolute Gasteiger partial charge is 0.461 e. The topological polar surface area (TPSA) is 35.5 Å². The van der Waals surface area contributed by atoms with Crippen molar-refractivity contribution < 1.29 is 23.0 Å². The van der Waals surface area contributed by atoms with Gasteiger partial charge in [-0.3, -0.25) is 0 Å². The van der Waals surface area contributed by atoms with Crippen LogP contribution in [0, 0.1) is 5.82 Å². The van der Waals surface area contributed by atoms with Crippen LogP contribution >= 0.6 is 15.9 Å². The molecule has 0 saturated heterocycles. The average Bonchev–Trinajstić information content (AvgIpc) is 2.16. The molecule has 1 aromatic rings. The number of hydrogen-bond acceptors (Lipinski definition) is 3. The van der Waals surface area contributed by atoms with Crippen molar-refractivity contribution >= 4 is 21.9 Å². The van der Waals surface area contributed by atoms with Gasteiger partial charge in [0.25, 0.3) is 0 Å². The summed E-state index contributed by atoms with van der Waals surface area (Å²) in [5, 5.41) is 0. The Morgan fingerprint density at radius 2 is 2.19 bits per heavy atom. The Bertz CT molecular complexity index is 364. The summed E-state index contributed by atoms with van der Waals surface area (Å²) in [5.74, 6) is -1.82. The SMILES string of the molecule is CCOC(=O)C(F)Oc1cc(F)cc(Br)c1. The number of halogens is 3. The third kappa shape index (κ3) is 3.77. The van der Waals surface area contributed by atoms with E-state index in [0.29, 0.717) is 4.47 Å².